The highest BCUT2D eigenvalue weighted by Crippen LogP contribution is 2.32. The van der Waals surface area contributed by atoms with Crippen molar-refractivity contribution in [1.82, 2.24) is 9.80 Å². The van der Waals surface area contributed by atoms with Crippen molar-refractivity contribution in [3.63, 3.8) is 0 Å². The minimum Gasteiger partial charge on any atom is -0.492 e. The molecule has 1 N–H and O–H groups in total. The van der Waals surface area contributed by atoms with Gasteiger partial charge in [-0.2, -0.15) is 0 Å². The van der Waals surface area contributed by atoms with Crippen molar-refractivity contribution in [2.75, 3.05) is 51.3 Å². The Morgan fingerprint density at radius 1 is 1.23 bits per heavy atom. The van der Waals surface area contributed by atoms with Crippen molar-refractivity contribution >= 4 is 11.7 Å². The van der Waals surface area contributed by atoms with Gasteiger partial charge < -0.3 is 19.7 Å². The molecule has 0 saturated carbocycles. The van der Waals surface area contributed by atoms with Crippen LogP contribution in [-0.2, 0) is 4.74 Å². The molecule has 2 heterocycles. The molecule has 1 aromatic rings. The highest BCUT2D eigenvalue weighted by Gasteiger charge is 2.41. The van der Waals surface area contributed by atoms with Gasteiger partial charge in [0.1, 0.15) is 5.75 Å². The van der Waals surface area contributed by atoms with Gasteiger partial charge in [0.15, 0.2) is 0 Å². The minimum absolute atomic E-state index is 0.0408. The number of ether oxygens (including phenoxy) is 2. The molecule has 1 spiro atoms. The van der Waals surface area contributed by atoms with Gasteiger partial charge >= 0.3 is 6.03 Å². The Hall–Kier alpha value is -1.79. The van der Waals surface area contributed by atoms with Crippen molar-refractivity contribution in [3.8, 4) is 5.75 Å². The predicted molar refractivity (Wildman–Crippen MR) is 103 cm³/mol. The van der Waals surface area contributed by atoms with Crippen LogP contribution in [0.15, 0.2) is 24.3 Å². The predicted octanol–water partition coefficient (Wildman–Crippen LogP) is 3.19. The number of amides is 2. The van der Waals surface area contributed by atoms with Crippen molar-refractivity contribution in [3.05, 3.63) is 24.3 Å². The lowest BCUT2D eigenvalue weighted by Crippen LogP contribution is -2.57. The summed E-state index contributed by atoms with van der Waals surface area (Å²) in [6, 6.07) is 7.58. The third-order valence-electron chi connectivity index (χ3n) is 5.53. The van der Waals surface area contributed by atoms with Gasteiger partial charge in [0, 0.05) is 38.4 Å². The fourth-order valence-electron chi connectivity index (χ4n) is 4.16. The van der Waals surface area contributed by atoms with Crippen LogP contribution in [0.2, 0.25) is 0 Å². The molecular formula is C20H31N3O3. The van der Waals surface area contributed by atoms with E-state index >= 15 is 0 Å². The van der Waals surface area contributed by atoms with E-state index in [-0.39, 0.29) is 11.6 Å². The highest BCUT2D eigenvalue weighted by molar-refractivity contribution is 5.91. The third-order valence-corrected chi connectivity index (χ3v) is 5.53. The second-order valence-electron chi connectivity index (χ2n) is 7.05. The van der Waals surface area contributed by atoms with Crippen molar-refractivity contribution in [2.24, 2.45) is 0 Å². The third kappa shape index (κ3) is 4.13. The van der Waals surface area contributed by atoms with Crippen LogP contribution in [0.5, 0.6) is 5.75 Å². The number of nitrogens with zero attached hydrogens (tertiary/aromatic N) is 2. The molecule has 0 unspecified atom stereocenters. The molecule has 1 aromatic carbocycles. The first-order chi connectivity index (χ1) is 12.7. The average molecular weight is 361 g/mol. The monoisotopic (exact) mass is 361 g/mol. The fraction of sp³-hybridized carbons (Fsp3) is 0.650. The summed E-state index contributed by atoms with van der Waals surface area (Å²) in [6.45, 7) is 9.88. The number of benzene rings is 1. The number of likely N-dealkylation sites (N-methyl/N-ethyl adjacent to an activating group) is 1. The van der Waals surface area contributed by atoms with Crippen molar-refractivity contribution in [2.45, 2.75) is 38.6 Å². The first-order valence-electron chi connectivity index (χ1n) is 9.79. The zero-order valence-electron chi connectivity index (χ0n) is 16.0. The summed E-state index contributed by atoms with van der Waals surface area (Å²) < 4.78 is 11.2. The van der Waals surface area contributed by atoms with E-state index in [1.807, 2.05) is 36.1 Å². The molecule has 2 aliphatic rings. The second kappa shape index (κ2) is 8.73. The van der Waals surface area contributed by atoms with Crippen LogP contribution >= 0.6 is 0 Å². The number of para-hydroxylation sites is 2. The zero-order valence-corrected chi connectivity index (χ0v) is 16.0. The number of urea groups is 1. The number of hydrogen-bond acceptors (Lipinski definition) is 4. The van der Waals surface area contributed by atoms with E-state index in [1.165, 1.54) is 0 Å². The van der Waals surface area contributed by atoms with E-state index < -0.39 is 0 Å². The molecule has 144 valence electrons. The standard InChI is InChI=1S/C20H31N3O3/c1-3-23-13-7-12-22(16-20(23)10-14-25-15-11-20)19(24)21-17-8-5-6-9-18(17)26-4-2/h5-6,8-9H,3-4,7,10-16H2,1-2H3,(H,21,24). The van der Waals surface area contributed by atoms with Gasteiger partial charge in [0.25, 0.3) is 0 Å². The van der Waals surface area contributed by atoms with E-state index in [4.69, 9.17) is 9.47 Å². The number of nitrogens with one attached hydrogen (secondary N) is 1. The van der Waals surface area contributed by atoms with Crippen LogP contribution in [0.4, 0.5) is 10.5 Å². The lowest BCUT2D eigenvalue weighted by atomic mass is 9.87. The van der Waals surface area contributed by atoms with Gasteiger partial charge in [-0.05, 0) is 44.9 Å². The summed E-state index contributed by atoms with van der Waals surface area (Å²) in [5.41, 5.74) is 0.775. The summed E-state index contributed by atoms with van der Waals surface area (Å²) in [6.07, 6.45) is 2.97. The number of rotatable bonds is 4. The smallest absolute Gasteiger partial charge is 0.322 e. The van der Waals surface area contributed by atoms with Crippen LogP contribution in [0.25, 0.3) is 0 Å². The molecular weight excluding hydrogens is 330 g/mol. The molecule has 3 rings (SSSR count). The summed E-state index contributed by atoms with van der Waals surface area (Å²) in [4.78, 5) is 17.5. The Morgan fingerprint density at radius 3 is 2.73 bits per heavy atom. The van der Waals surface area contributed by atoms with Crippen LogP contribution in [0.1, 0.15) is 33.1 Å². The zero-order chi connectivity index (χ0) is 18.4. The van der Waals surface area contributed by atoms with Gasteiger partial charge in [-0.3, -0.25) is 4.90 Å². The molecule has 2 amide bonds. The lowest BCUT2D eigenvalue weighted by Gasteiger charge is -2.46. The van der Waals surface area contributed by atoms with Crippen LogP contribution in [0.3, 0.4) is 0 Å². The minimum atomic E-state index is -0.0408. The highest BCUT2D eigenvalue weighted by atomic mass is 16.5. The Labute approximate surface area is 156 Å². The van der Waals surface area contributed by atoms with E-state index in [0.29, 0.717) is 12.4 Å². The van der Waals surface area contributed by atoms with Gasteiger partial charge in [-0.15, -0.1) is 0 Å². The topological polar surface area (TPSA) is 54.0 Å². The SMILES string of the molecule is CCOc1ccccc1NC(=O)N1CCCN(CC)C2(CCOCC2)C1. The van der Waals surface area contributed by atoms with Gasteiger partial charge in [0.05, 0.1) is 12.3 Å². The molecule has 26 heavy (non-hydrogen) atoms. The number of anilines is 1. The van der Waals surface area contributed by atoms with Gasteiger partial charge in [-0.25, -0.2) is 4.79 Å². The second-order valence-corrected chi connectivity index (χ2v) is 7.05. The number of carbonyl (C=O) groups is 1. The van der Waals surface area contributed by atoms with Crippen LogP contribution in [-0.4, -0.2) is 67.4 Å². The summed E-state index contributed by atoms with van der Waals surface area (Å²) in [7, 11) is 0. The first kappa shape index (κ1) is 19.0. The Morgan fingerprint density at radius 2 is 2.00 bits per heavy atom. The van der Waals surface area contributed by atoms with Crippen LogP contribution < -0.4 is 10.1 Å². The average Bonchev–Trinajstić information content (AvgIpc) is 2.83. The van der Waals surface area contributed by atoms with Crippen molar-refractivity contribution < 1.29 is 14.3 Å². The van der Waals surface area contributed by atoms with Gasteiger partial charge in [-0.1, -0.05) is 19.1 Å². The maximum absolute atomic E-state index is 13.0. The summed E-state index contributed by atoms with van der Waals surface area (Å²) in [5.74, 6) is 0.717. The molecule has 6 heteroatoms. The van der Waals surface area contributed by atoms with Gasteiger partial charge in [0.2, 0.25) is 0 Å². The number of hydrogen-bond donors (Lipinski definition) is 1. The van der Waals surface area contributed by atoms with E-state index in [0.717, 1.165) is 64.3 Å². The molecule has 6 nitrogen and oxygen atoms in total. The Balaban J connectivity index is 1.74. The molecule has 0 radical (unpaired) electrons. The molecule has 2 fully saturated rings. The van der Waals surface area contributed by atoms with Crippen molar-refractivity contribution in [1.29, 1.82) is 0 Å². The quantitative estimate of drug-likeness (QED) is 0.895. The maximum Gasteiger partial charge on any atom is 0.322 e. The lowest BCUT2D eigenvalue weighted by molar-refractivity contribution is -0.0286. The maximum atomic E-state index is 13.0. The summed E-state index contributed by atoms with van der Waals surface area (Å²) in [5, 5.41) is 3.06. The number of carbonyl (C=O) groups excluding carboxylic acids is 1. The largest absolute Gasteiger partial charge is 0.492 e. The molecule has 0 aromatic heterocycles. The molecule has 0 bridgehead atoms. The van der Waals surface area contributed by atoms with E-state index in [1.54, 1.807) is 0 Å². The molecule has 2 aliphatic heterocycles. The van der Waals surface area contributed by atoms with Crippen LogP contribution in [0, 0.1) is 0 Å². The molecule has 0 atom stereocenters. The normalized spacial score (nSPS) is 20.6. The molecule has 2 saturated heterocycles. The Kier molecular flexibility index (Phi) is 6.38. The van der Waals surface area contributed by atoms with E-state index in [2.05, 4.69) is 17.1 Å². The molecule has 0 aliphatic carbocycles. The summed E-state index contributed by atoms with van der Waals surface area (Å²) >= 11 is 0. The fourth-order valence-corrected chi connectivity index (χ4v) is 4.16. The Bertz CT molecular complexity index is 602. The van der Waals surface area contributed by atoms with E-state index in [9.17, 15) is 4.79 Å². The first-order valence-corrected chi connectivity index (χ1v) is 9.79.